The number of nitrogens with two attached hydrogens (primary N) is 1. The van der Waals surface area contributed by atoms with E-state index >= 15 is 0 Å². The molecule has 1 aromatic rings. The second-order valence-corrected chi connectivity index (χ2v) is 3.17. The Morgan fingerprint density at radius 1 is 1.44 bits per heavy atom. The maximum atomic E-state index is 10.2. The van der Waals surface area contributed by atoms with Gasteiger partial charge in [-0.15, -0.1) is 6.58 Å². The summed E-state index contributed by atoms with van der Waals surface area (Å²) in [6.07, 6.45) is 3.57. The van der Waals surface area contributed by atoms with Gasteiger partial charge in [0.05, 0.1) is 0 Å². The standard InChI is InChI=1S/C8H9NO2.C5H10/c9-8(10)11-6-7-4-2-1-3-5-7;1-3-5-4-2/h1-5H,6H2,(H2,9,10);3H,1,4-5H2,2H3. The third-order valence-corrected chi connectivity index (χ3v) is 1.72. The lowest BCUT2D eigenvalue weighted by atomic mass is 10.2. The Labute approximate surface area is 96.9 Å². The summed E-state index contributed by atoms with van der Waals surface area (Å²) in [4.78, 5) is 10.2. The number of allylic oxidation sites excluding steroid dienone is 1. The Balaban J connectivity index is 0.000000385. The average molecular weight is 221 g/mol. The van der Waals surface area contributed by atoms with E-state index in [0.717, 1.165) is 12.0 Å². The number of amides is 1. The zero-order valence-corrected chi connectivity index (χ0v) is 9.69. The molecule has 0 saturated heterocycles. The Morgan fingerprint density at radius 3 is 2.44 bits per heavy atom. The van der Waals surface area contributed by atoms with E-state index in [0.29, 0.717) is 0 Å². The number of ether oxygens (including phenoxy) is 1. The summed E-state index contributed by atoms with van der Waals surface area (Å²) in [7, 11) is 0. The third-order valence-electron chi connectivity index (χ3n) is 1.72. The summed E-state index contributed by atoms with van der Waals surface area (Å²) in [5, 5.41) is 0. The van der Waals surface area contributed by atoms with E-state index < -0.39 is 6.09 Å². The fourth-order valence-electron chi connectivity index (χ4n) is 0.933. The number of hydrogen-bond donors (Lipinski definition) is 1. The molecule has 0 bridgehead atoms. The molecule has 0 aliphatic carbocycles. The molecule has 3 heteroatoms. The van der Waals surface area contributed by atoms with E-state index in [9.17, 15) is 4.79 Å². The smallest absolute Gasteiger partial charge is 0.404 e. The zero-order chi connectivity index (χ0) is 12.2. The Hall–Kier alpha value is -1.77. The number of carbonyl (C=O) groups excluding carboxylic acids is 1. The Morgan fingerprint density at radius 2 is 2.06 bits per heavy atom. The third kappa shape index (κ3) is 8.81. The monoisotopic (exact) mass is 221 g/mol. The molecular weight excluding hydrogens is 202 g/mol. The number of benzene rings is 1. The van der Waals surface area contributed by atoms with Gasteiger partial charge in [0.15, 0.2) is 0 Å². The van der Waals surface area contributed by atoms with Crippen molar-refractivity contribution in [3.8, 4) is 0 Å². The van der Waals surface area contributed by atoms with Gasteiger partial charge >= 0.3 is 6.09 Å². The summed E-state index contributed by atoms with van der Waals surface area (Å²) < 4.78 is 4.57. The van der Waals surface area contributed by atoms with E-state index in [4.69, 9.17) is 5.73 Å². The van der Waals surface area contributed by atoms with Crippen molar-refractivity contribution in [2.45, 2.75) is 26.4 Å². The highest BCUT2D eigenvalue weighted by Gasteiger charge is 1.93. The van der Waals surface area contributed by atoms with Gasteiger partial charge in [0, 0.05) is 0 Å². The molecule has 0 radical (unpaired) electrons. The molecule has 16 heavy (non-hydrogen) atoms. The normalized spacial score (nSPS) is 8.56. The van der Waals surface area contributed by atoms with Crippen molar-refractivity contribution in [1.82, 2.24) is 0 Å². The second-order valence-electron chi connectivity index (χ2n) is 3.17. The Bertz CT molecular complexity index is 296. The molecule has 0 heterocycles. The van der Waals surface area contributed by atoms with Crippen molar-refractivity contribution in [3.63, 3.8) is 0 Å². The summed E-state index contributed by atoms with van der Waals surface area (Å²) in [6.45, 7) is 5.94. The Kier molecular flexibility index (Phi) is 8.69. The van der Waals surface area contributed by atoms with Crippen LogP contribution in [0, 0.1) is 0 Å². The first-order chi connectivity index (χ1) is 7.70. The fraction of sp³-hybridized carbons (Fsp3) is 0.308. The van der Waals surface area contributed by atoms with Gasteiger partial charge in [-0.2, -0.15) is 0 Å². The summed E-state index contributed by atoms with van der Waals surface area (Å²) in [5.41, 5.74) is 5.72. The summed E-state index contributed by atoms with van der Waals surface area (Å²) >= 11 is 0. The van der Waals surface area contributed by atoms with Crippen LogP contribution in [0.5, 0.6) is 0 Å². The first kappa shape index (κ1) is 14.2. The maximum Gasteiger partial charge on any atom is 0.404 e. The van der Waals surface area contributed by atoms with E-state index in [1.807, 2.05) is 36.4 Å². The van der Waals surface area contributed by atoms with Crippen LogP contribution in [0.3, 0.4) is 0 Å². The van der Waals surface area contributed by atoms with Crippen LogP contribution in [0.1, 0.15) is 25.3 Å². The molecule has 1 rings (SSSR count). The van der Waals surface area contributed by atoms with Gasteiger partial charge in [-0.05, 0) is 12.0 Å². The van der Waals surface area contributed by atoms with Crippen LogP contribution in [0.15, 0.2) is 43.0 Å². The minimum atomic E-state index is -0.742. The van der Waals surface area contributed by atoms with Gasteiger partial charge in [0.1, 0.15) is 6.61 Å². The van der Waals surface area contributed by atoms with Gasteiger partial charge in [-0.25, -0.2) is 4.79 Å². The number of rotatable bonds is 4. The van der Waals surface area contributed by atoms with Crippen molar-refractivity contribution < 1.29 is 9.53 Å². The maximum absolute atomic E-state index is 10.2. The molecule has 3 nitrogen and oxygen atoms in total. The van der Waals surface area contributed by atoms with E-state index in [1.165, 1.54) is 6.42 Å². The van der Waals surface area contributed by atoms with Gasteiger partial charge in [0.2, 0.25) is 0 Å². The molecule has 0 fully saturated rings. The lowest BCUT2D eigenvalue weighted by Gasteiger charge is -1.99. The molecule has 0 spiro atoms. The topological polar surface area (TPSA) is 52.3 Å². The predicted molar refractivity (Wildman–Crippen MR) is 65.9 cm³/mol. The average Bonchev–Trinajstić information content (AvgIpc) is 2.30. The van der Waals surface area contributed by atoms with Crippen LogP contribution in [0.2, 0.25) is 0 Å². The van der Waals surface area contributed by atoms with Crippen molar-refractivity contribution in [2.75, 3.05) is 0 Å². The zero-order valence-electron chi connectivity index (χ0n) is 9.69. The first-order valence-electron chi connectivity index (χ1n) is 5.27. The highest BCUT2D eigenvalue weighted by molar-refractivity contribution is 5.64. The number of carbonyl (C=O) groups is 1. The van der Waals surface area contributed by atoms with Crippen LogP contribution in [-0.2, 0) is 11.3 Å². The van der Waals surface area contributed by atoms with Crippen molar-refractivity contribution >= 4 is 6.09 Å². The van der Waals surface area contributed by atoms with Gasteiger partial charge in [0.25, 0.3) is 0 Å². The molecule has 0 aliphatic heterocycles. The molecule has 0 aromatic heterocycles. The molecule has 0 unspecified atom stereocenters. The fourth-order valence-corrected chi connectivity index (χ4v) is 0.933. The van der Waals surface area contributed by atoms with Crippen LogP contribution in [0.25, 0.3) is 0 Å². The summed E-state index contributed by atoms with van der Waals surface area (Å²) in [6, 6.07) is 9.37. The SMILES string of the molecule is C=CCCC.NC(=O)OCc1ccccc1. The largest absolute Gasteiger partial charge is 0.445 e. The minimum absolute atomic E-state index is 0.246. The molecule has 88 valence electrons. The minimum Gasteiger partial charge on any atom is -0.445 e. The van der Waals surface area contributed by atoms with Crippen LogP contribution in [-0.4, -0.2) is 6.09 Å². The lowest BCUT2D eigenvalue weighted by molar-refractivity contribution is 0.150. The van der Waals surface area contributed by atoms with Gasteiger partial charge < -0.3 is 10.5 Å². The van der Waals surface area contributed by atoms with Crippen molar-refractivity contribution in [1.29, 1.82) is 0 Å². The van der Waals surface area contributed by atoms with Crippen LogP contribution in [0.4, 0.5) is 4.79 Å². The van der Waals surface area contributed by atoms with Crippen LogP contribution >= 0.6 is 0 Å². The van der Waals surface area contributed by atoms with Crippen molar-refractivity contribution in [2.24, 2.45) is 5.73 Å². The van der Waals surface area contributed by atoms with Crippen LogP contribution < -0.4 is 5.73 Å². The molecule has 2 N–H and O–H groups in total. The van der Waals surface area contributed by atoms with E-state index in [-0.39, 0.29) is 6.61 Å². The van der Waals surface area contributed by atoms with Gasteiger partial charge in [-0.3, -0.25) is 0 Å². The first-order valence-corrected chi connectivity index (χ1v) is 5.27. The highest BCUT2D eigenvalue weighted by atomic mass is 16.5. The van der Waals surface area contributed by atoms with E-state index in [2.05, 4.69) is 18.2 Å². The summed E-state index contributed by atoms with van der Waals surface area (Å²) in [5.74, 6) is 0. The molecule has 0 atom stereocenters. The predicted octanol–water partition coefficient (Wildman–Crippen LogP) is 3.25. The highest BCUT2D eigenvalue weighted by Crippen LogP contribution is 1.99. The molecule has 0 saturated carbocycles. The molecular formula is C13H19NO2. The number of unbranched alkanes of at least 4 members (excludes halogenated alkanes) is 1. The number of hydrogen-bond acceptors (Lipinski definition) is 2. The van der Waals surface area contributed by atoms with Gasteiger partial charge in [-0.1, -0.05) is 49.8 Å². The number of primary amides is 1. The molecule has 1 aromatic carbocycles. The lowest BCUT2D eigenvalue weighted by Crippen LogP contribution is -2.12. The quantitative estimate of drug-likeness (QED) is 0.793. The van der Waals surface area contributed by atoms with Crippen molar-refractivity contribution in [3.05, 3.63) is 48.6 Å². The molecule has 0 aliphatic rings. The van der Waals surface area contributed by atoms with E-state index in [1.54, 1.807) is 0 Å². The molecule has 1 amide bonds. The second kappa shape index (κ2) is 9.77.